The second kappa shape index (κ2) is 39.4. The summed E-state index contributed by atoms with van der Waals surface area (Å²) in [6.07, 6.45) is 32.1. The monoisotopic (exact) mass is 1420 g/mol. The Hall–Kier alpha value is -6.45. The van der Waals surface area contributed by atoms with Gasteiger partial charge in [0.05, 0.1) is 53.3 Å². The molecular weight excluding hydrogens is 1300 g/mol. The maximum absolute atomic E-state index is 12.2. The van der Waals surface area contributed by atoms with E-state index in [-0.39, 0.29) is 107 Å². The van der Waals surface area contributed by atoms with Gasteiger partial charge in [-0.3, -0.25) is 14.4 Å². The number of carbonyl (C=O) groups is 9. The molecule has 0 heterocycles. The van der Waals surface area contributed by atoms with Crippen molar-refractivity contribution in [1.29, 1.82) is 0 Å². The van der Waals surface area contributed by atoms with E-state index in [2.05, 4.69) is 65.0 Å². The second-order valence-electron chi connectivity index (χ2n) is 30.6. The van der Waals surface area contributed by atoms with Gasteiger partial charge in [0.25, 0.3) is 6.47 Å². The van der Waals surface area contributed by atoms with Crippen LogP contribution in [0.2, 0.25) is 0 Å². The van der Waals surface area contributed by atoms with Gasteiger partial charge in [-0.25, -0.2) is 28.8 Å². The molecule has 0 aromatic rings. The molecule has 101 heavy (non-hydrogen) atoms. The van der Waals surface area contributed by atoms with E-state index in [1.54, 1.807) is 7.11 Å². The highest BCUT2D eigenvalue weighted by atomic mass is 16.6. The lowest BCUT2D eigenvalue weighted by Crippen LogP contribution is -2.58. The third-order valence-corrected chi connectivity index (χ3v) is 23.7. The van der Waals surface area contributed by atoms with E-state index in [1.807, 2.05) is 20.8 Å². The first kappa shape index (κ1) is 85.2. The van der Waals surface area contributed by atoms with Gasteiger partial charge in [0.1, 0.15) is 53.4 Å². The molecule has 0 aromatic heterocycles. The van der Waals surface area contributed by atoms with Crippen LogP contribution in [0.1, 0.15) is 248 Å². The quantitative estimate of drug-likeness (QED) is 0.0334. The van der Waals surface area contributed by atoms with Crippen molar-refractivity contribution in [2.45, 2.75) is 282 Å². The zero-order chi connectivity index (χ0) is 74.9. The second-order valence-corrected chi connectivity index (χ2v) is 30.6. The zero-order valence-electron chi connectivity index (χ0n) is 62.5. The Morgan fingerprint density at radius 1 is 0.366 bits per heavy atom. The van der Waals surface area contributed by atoms with Gasteiger partial charge in [0, 0.05) is 21.0 Å². The predicted molar refractivity (Wildman–Crippen MR) is 380 cm³/mol. The van der Waals surface area contributed by atoms with Crippen molar-refractivity contribution in [3.05, 3.63) is 72.9 Å². The van der Waals surface area contributed by atoms with E-state index in [4.69, 9.17) is 52.8 Å². The molecule has 0 saturated heterocycles. The van der Waals surface area contributed by atoms with Crippen LogP contribution in [0.15, 0.2) is 72.9 Å². The number of rotatable bonds is 27. The first-order chi connectivity index (χ1) is 47.8. The van der Waals surface area contributed by atoms with Gasteiger partial charge in [0.2, 0.25) is 0 Å². The Bertz CT molecular complexity index is 2850. The normalized spacial score (nSPS) is 27.6. The molecule has 12 aliphatic carbocycles. The highest BCUT2D eigenvalue weighted by Gasteiger charge is 2.59. The van der Waals surface area contributed by atoms with Crippen molar-refractivity contribution in [2.24, 2.45) is 47.3 Å². The van der Waals surface area contributed by atoms with Gasteiger partial charge in [-0.05, 0) is 254 Å². The molecule has 0 unspecified atom stereocenters. The molecule has 0 atom stereocenters. The van der Waals surface area contributed by atoms with Crippen LogP contribution in [0.25, 0.3) is 0 Å². The molecule has 0 amide bonds. The molecule has 0 aromatic carbocycles. The first-order valence-electron chi connectivity index (χ1n) is 37.3. The number of hydrogen-bond donors (Lipinski definition) is 2. The average Bonchev–Trinajstić information content (AvgIpc) is 1.25. The number of ether oxygens (including phenoxy) is 10. The highest BCUT2D eigenvalue weighted by molar-refractivity contribution is 5.91. The predicted octanol–water partition coefficient (Wildman–Crippen LogP) is 13.8. The van der Waals surface area contributed by atoms with Crippen molar-refractivity contribution >= 4 is 54.2 Å². The van der Waals surface area contributed by atoms with E-state index in [0.29, 0.717) is 35.7 Å². The Morgan fingerprint density at radius 2 is 0.594 bits per heavy atom. The minimum Gasteiger partial charge on any atom is -0.463 e. The summed E-state index contributed by atoms with van der Waals surface area (Å²) < 4.78 is 52.4. The fourth-order valence-corrected chi connectivity index (χ4v) is 17.4. The van der Waals surface area contributed by atoms with Crippen LogP contribution in [0.3, 0.4) is 0 Å². The number of carbonyl (C=O) groups excluding carboxylic acids is 9. The summed E-state index contributed by atoms with van der Waals surface area (Å²) in [5.74, 6) is 2.09. The van der Waals surface area contributed by atoms with Crippen LogP contribution < -0.4 is 0 Å². The van der Waals surface area contributed by atoms with E-state index >= 15 is 0 Å². The van der Waals surface area contributed by atoms with Gasteiger partial charge >= 0.3 is 47.8 Å². The fraction of sp³-hybridized carbons (Fsp3) is 0.738. The van der Waals surface area contributed by atoms with Gasteiger partial charge < -0.3 is 57.6 Å². The number of methoxy groups -OCH3 is 1. The van der Waals surface area contributed by atoms with Crippen molar-refractivity contribution in [2.75, 3.05) is 46.8 Å². The summed E-state index contributed by atoms with van der Waals surface area (Å²) in [4.78, 5) is 102. The summed E-state index contributed by atoms with van der Waals surface area (Å²) in [7, 11) is 1.55. The summed E-state index contributed by atoms with van der Waals surface area (Å²) in [5.41, 5.74) is -0.508. The summed E-state index contributed by atoms with van der Waals surface area (Å²) in [6.45, 7) is 36.1. The minimum absolute atomic E-state index is 0.0785. The molecule has 8 bridgehead atoms. The van der Waals surface area contributed by atoms with E-state index in [9.17, 15) is 43.2 Å². The van der Waals surface area contributed by atoms with Gasteiger partial charge in [-0.1, -0.05) is 67.2 Å². The largest absolute Gasteiger partial charge is 0.463 e. The van der Waals surface area contributed by atoms with Crippen LogP contribution in [0.4, 0.5) is 0 Å². The molecular formula is C80H122O21. The Labute approximate surface area is 601 Å². The third-order valence-electron chi connectivity index (χ3n) is 23.7. The first-order valence-corrected chi connectivity index (χ1v) is 37.3. The summed E-state index contributed by atoms with van der Waals surface area (Å²) in [6, 6.07) is 0. The Morgan fingerprint density at radius 3 is 0.822 bits per heavy atom. The average molecular weight is 1420 g/mol. The van der Waals surface area contributed by atoms with Crippen molar-refractivity contribution < 1.29 is 101 Å². The fourth-order valence-electron chi connectivity index (χ4n) is 17.4. The molecule has 0 radical (unpaired) electrons. The molecule has 0 spiro atoms. The molecule has 12 saturated carbocycles. The lowest BCUT2D eigenvalue weighted by Gasteiger charge is -2.59. The van der Waals surface area contributed by atoms with E-state index < -0.39 is 41.8 Å². The third kappa shape index (κ3) is 24.1. The molecule has 0 aliphatic heterocycles. The van der Waals surface area contributed by atoms with Crippen LogP contribution in [-0.4, -0.2) is 145 Å². The molecule has 568 valence electrons. The van der Waals surface area contributed by atoms with Crippen molar-refractivity contribution in [1.82, 2.24) is 0 Å². The van der Waals surface area contributed by atoms with Crippen LogP contribution in [0, 0.1) is 47.3 Å². The SMILES string of the molecule is C=C(CO)C(=O)OC1(C)C2CC3CC(C2)CC1C3.C=C(CO)C(=O)OC1(CC)CCCC1.C=C(COC(C)=O)C(=O)OC1(C)C2CC3CC(C2)CC1C3.C=C(COC(C)=O)C(=O)OC1(CC)CCCC1.C=C(COC)C(=O)OC1(CC)CCCC1.C=C(COC=O)C(=O)OC1(CC)CCCC1. The van der Waals surface area contributed by atoms with Crippen LogP contribution >= 0.6 is 0 Å². The maximum atomic E-state index is 12.2. The van der Waals surface area contributed by atoms with Crippen molar-refractivity contribution in [3.63, 3.8) is 0 Å². The summed E-state index contributed by atoms with van der Waals surface area (Å²) >= 11 is 0. The Balaban J connectivity index is 0.000000220. The topological polar surface area (TPSA) is 286 Å². The Kier molecular flexibility index (Phi) is 33.3. The maximum Gasteiger partial charge on any atom is 0.337 e. The minimum atomic E-state index is -0.453. The van der Waals surface area contributed by atoms with Crippen molar-refractivity contribution in [3.8, 4) is 0 Å². The lowest BCUT2D eigenvalue weighted by atomic mass is 9.50. The molecule has 12 rings (SSSR count). The number of aliphatic hydroxyl groups excluding tert-OH is 2. The lowest BCUT2D eigenvalue weighted by molar-refractivity contribution is -0.200. The smallest absolute Gasteiger partial charge is 0.337 e. The molecule has 2 N–H and O–H groups in total. The highest BCUT2D eigenvalue weighted by Crippen LogP contribution is 2.61. The number of hydrogen-bond acceptors (Lipinski definition) is 21. The van der Waals surface area contributed by atoms with Crippen LogP contribution in [-0.2, 0) is 90.5 Å². The molecule has 12 aliphatic rings. The van der Waals surface area contributed by atoms with E-state index in [0.717, 1.165) is 152 Å². The number of aliphatic hydroxyl groups is 2. The van der Waals surface area contributed by atoms with Gasteiger partial charge in [-0.2, -0.15) is 0 Å². The molecule has 21 heteroatoms. The molecule has 12 fully saturated rings. The summed E-state index contributed by atoms with van der Waals surface area (Å²) in [5, 5.41) is 17.7. The van der Waals surface area contributed by atoms with E-state index in [1.165, 1.54) is 78.1 Å². The standard InChI is InChI=1S/C17H24O4.C15H22O3.C13H20O4.C12H18O4.C12H20O3.C11H18O3/c1-10(9-20-11(2)18)16(19)21-17(3)14-5-12-4-13(7-14)8-15(17)6-12;1-9(8-16)14(17)18-15(2)12-4-10-3-11(6-12)7-13(15)5-10;1-4-13(7-5-6-8-13)17-12(15)10(2)9-16-11(3)14;1-3-12(6-4-5-7-12)16-11(14)10(2)8-15-9-13;1-4-12(7-5-6-8-12)15-11(13)10(2)9-14-3;1-3-11(6-4-5-7-11)14-10(13)9(2)8-12/h12-15H,1,4-9H2,2-3H3;10-13,16H,1,3-8H2,2H3;2,4-9H2,1,3H3;9H,2-8H2,1H3;2,4-9H2,1,3H3;12H,2-8H2,1H3. The molecule has 21 nitrogen and oxygen atoms in total. The van der Waals surface area contributed by atoms with Gasteiger partial charge in [0.15, 0.2) is 0 Å². The number of esters is 8. The van der Waals surface area contributed by atoms with Gasteiger partial charge in [-0.15, -0.1) is 0 Å². The zero-order valence-corrected chi connectivity index (χ0v) is 62.5. The van der Waals surface area contributed by atoms with Crippen LogP contribution in [0.5, 0.6) is 0 Å².